The summed E-state index contributed by atoms with van der Waals surface area (Å²) in [5, 5.41) is 10.1. The van der Waals surface area contributed by atoms with E-state index in [4.69, 9.17) is 5.73 Å². The number of nitrogens with zero attached hydrogens (tertiary/aromatic N) is 3. The van der Waals surface area contributed by atoms with Gasteiger partial charge in [-0.25, -0.2) is 0 Å². The van der Waals surface area contributed by atoms with E-state index in [1.54, 1.807) is 6.92 Å². The molecule has 0 radical (unpaired) electrons. The molecule has 0 bridgehead atoms. The zero-order valence-corrected chi connectivity index (χ0v) is 15.8. The maximum atomic E-state index is 11.6. The molecule has 0 aliphatic rings. The number of amides is 1. The van der Waals surface area contributed by atoms with E-state index in [9.17, 15) is 4.79 Å². The minimum atomic E-state index is -0.409. The number of para-hydroxylation sites is 1. The van der Waals surface area contributed by atoms with Crippen LogP contribution in [0, 0.1) is 6.92 Å². The SMILES string of the molecule is Cc1cccc(-n2c(S[C@H](C)C(N)=O)nnc2-c2c[nH]c3ccccc23)c1. The lowest BCUT2D eigenvalue weighted by Crippen LogP contribution is -2.23. The van der Waals surface area contributed by atoms with Gasteiger partial charge in [-0.05, 0) is 37.6 Å². The van der Waals surface area contributed by atoms with Crippen LogP contribution in [-0.2, 0) is 4.79 Å². The van der Waals surface area contributed by atoms with E-state index in [1.165, 1.54) is 11.8 Å². The second-order valence-corrected chi connectivity index (χ2v) is 7.70. The molecule has 2 heterocycles. The third kappa shape index (κ3) is 3.21. The van der Waals surface area contributed by atoms with Gasteiger partial charge in [-0.2, -0.15) is 0 Å². The average Bonchev–Trinajstić information content (AvgIpc) is 3.25. The first-order valence-electron chi connectivity index (χ1n) is 8.59. The summed E-state index contributed by atoms with van der Waals surface area (Å²) in [6, 6.07) is 16.2. The molecule has 1 atom stereocenters. The summed E-state index contributed by atoms with van der Waals surface area (Å²) in [6.45, 7) is 3.81. The second-order valence-electron chi connectivity index (χ2n) is 6.39. The zero-order chi connectivity index (χ0) is 19.0. The Kier molecular flexibility index (Phi) is 4.45. The van der Waals surface area contributed by atoms with E-state index in [0.717, 1.165) is 33.5 Å². The fraction of sp³-hybridized carbons (Fsp3) is 0.150. The number of benzene rings is 2. The van der Waals surface area contributed by atoms with Gasteiger partial charge < -0.3 is 10.7 Å². The third-order valence-corrected chi connectivity index (χ3v) is 5.47. The van der Waals surface area contributed by atoms with Crippen LogP contribution < -0.4 is 5.73 Å². The van der Waals surface area contributed by atoms with Gasteiger partial charge in [-0.15, -0.1) is 10.2 Å². The van der Waals surface area contributed by atoms with Crippen LogP contribution in [0.4, 0.5) is 0 Å². The van der Waals surface area contributed by atoms with Crippen LogP contribution in [0.25, 0.3) is 28.0 Å². The van der Waals surface area contributed by atoms with Crippen LogP contribution >= 0.6 is 11.8 Å². The molecule has 7 heteroatoms. The lowest BCUT2D eigenvalue weighted by atomic mass is 10.1. The van der Waals surface area contributed by atoms with Gasteiger partial charge in [0.25, 0.3) is 0 Å². The molecule has 2 aromatic heterocycles. The molecule has 2 aromatic carbocycles. The minimum absolute atomic E-state index is 0.382. The maximum absolute atomic E-state index is 11.6. The number of primary amides is 1. The fourth-order valence-corrected chi connectivity index (χ4v) is 3.81. The highest BCUT2D eigenvalue weighted by Crippen LogP contribution is 2.33. The number of H-pyrrole nitrogens is 1. The first kappa shape index (κ1) is 17.4. The number of thioether (sulfide) groups is 1. The van der Waals surface area contributed by atoms with Crippen molar-refractivity contribution >= 4 is 28.6 Å². The van der Waals surface area contributed by atoms with E-state index in [0.29, 0.717) is 5.16 Å². The van der Waals surface area contributed by atoms with Crippen LogP contribution in [0.5, 0.6) is 0 Å². The second kappa shape index (κ2) is 6.92. The van der Waals surface area contributed by atoms with Crippen molar-refractivity contribution in [3.05, 3.63) is 60.3 Å². The summed E-state index contributed by atoms with van der Waals surface area (Å²) >= 11 is 1.31. The molecular formula is C20H19N5OS. The summed E-state index contributed by atoms with van der Waals surface area (Å²) in [5.74, 6) is 0.338. The van der Waals surface area contributed by atoms with Crippen LogP contribution in [0.15, 0.2) is 59.9 Å². The van der Waals surface area contributed by atoms with E-state index >= 15 is 0 Å². The summed E-state index contributed by atoms with van der Waals surface area (Å²) < 4.78 is 1.98. The highest BCUT2D eigenvalue weighted by Gasteiger charge is 2.22. The van der Waals surface area contributed by atoms with E-state index < -0.39 is 5.25 Å². The summed E-state index contributed by atoms with van der Waals surface area (Å²) in [7, 11) is 0. The van der Waals surface area contributed by atoms with Crippen molar-refractivity contribution in [3.8, 4) is 17.1 Å². The third-order valence-electron chi connectivity index (χ3n) is 4.41. The number of aromatic amines is 1. The van der Waals surface area contributed by atoms with Gasteiger partial charge in [0, 0.05) is 28.4 Å². The summed E-state index contributed by atoms with van der Waals surface area (Å²) in [4.78, 5) is 14.8. The van der Waals surface area contributed by atoms with Crippen molar-refractivity contribution in [2.45, 2.75) is 24.3 Å². The summed E-state index contributed by atoms with van der Waals surface area (Å²) in [5.41, 5.74) is 9.51. The number of nitrogens with two attached hydrogens (primary N) is 1. The van der Waals surface area contributed by atoms with Gasteiger partial charge in [-0.1, -0.05) is 42.1 Å². The van der Waals surface area contributed by atoms with Gasteiger partial charge >= 0.3 is 0 Å². The van der Waals surface area contributed by atoms with Crippen LogP contribution in [-0.4, -0.2) is 30.9 Å². The first-order valence-corrected chi connectivity index (χ1v) is 9.47. The smallest absolute Gasteiger partial charge is 0.230 e. The van der Waals surface area contributed by atoms with E-state index in [2.05, 4.69) is 27.3 Å². The van der Waals surface area contributed by atoms with Crippen molar-refractivity contribution in [3.63, 3.8) is 0 Å². The number of aryl methyl sites for hydroxylation is 1. The Morgan fingerprint density at radius 1 is 1.19 bits per heavy atom. The Morgan fingerprint density at radius 2 is 2.00 bits per heavy atom. The van der Waals surface area contributed by atoms with Crippen molar-refractivity contribution in [2.24, 2.45) is 5.73 Å². The lowest BCUT2D eigenvalue weighted by molar-refractivity contribution is -0.117. The number of aromatic nitrogens is 4. The molecule has 0 unspecified atom stereocenters. The Bertz CT molecular complexity index is 1130. The molecule has 0 fully saturated rings. The molecule has 0 saturated heterocycles. The average molecular weight is 377 g/mol. The number of rotatable bonds is 5. The molecule has 0 saturated carbocycles. The first-order chi connectivity index (χ1) is 13.0. The van der Waals surface area contributed by atoms with Crippen molar-refractivity contribution in [1.29, 1.82) is 0 Å². The van der Waals surface area contributed by atoms with Crippen LogP contribution in [0.2, 0.25) is 0 Å². The monoisotopic (exact) mass is 377 g/mol. The molecule has 3 N–H and O–H groups in total. The standard InChI is InChI=1S/C20H19N5OS/c1-12-6-5-7-14(10-12)25-19(23-24-20(25)27-13(2)18(21)26)16-11-22-17-9-4-3-8-15(16)17/h3-11,13,22H,1-2H3,(H2,21,26)/t13-/m1/s1. The molecule has 0 aliphatic heterocycles. The number of hydrogen-bond donors (Lipinski definition) is 2. The normalized spacial score (nSPS) is 12.4. The summed E-state index contributed by atoms with van der Waals surface area (Å²) in [6.07, 6.45) is 1.94. The Morgan fingerprint density at radius 3 is 2.78 bits per heavy atom. The predicted molar refractivity (Wildman–Crippen MR) is 108 cm³/mol. The molecule has 136 valence electrons. The Hall–Kier alpha value is -3.06. The molecule has 4 rings (SSSR count). The highest BCUT2D eigenvalue weighted by atomic mass is 32.2. The number of carbonyl (C=O) groups is 1. The number of fused-ring (bicyclic) bond motifs is 1. The highest BCUT2D eigenvalue weighted by molar-refractivity contribution is 8.00. The van der Waals surface area contributed by atoms with Gasteiger partial charge in [0.2, 0.25) is 5.91 Å². The minimum Gasteiger partial charge on any atom is -0.369 e. The molecule has 4 aromatic rings. The molecular weight excluding hydrogens is 358 g/mol. The number of hydrogen-bond acceptors (Lipinski definition) is 4. The van der Waals surface area contributed by atoms with Crippen molar-refractivity contribution in [1.82, 2.24) is 19.7 Å². The van der Waals surface area contributed by atoms with Gasteiger partial charge in [0.05, 0.1) is 5.25 Å². The maximum Gasteiger partial charge on any atom is 0.230 e. The van der Waals surface area contributed by atoms with E-state index in [-0.39, 0.29) is 5.91 Å². The van der Waals surface area contributed by atoms with Gasteiger partial charge in [-0.3, -0.25) is 9.36 Å². The quantitative estimate of drug-likeness (QED) is 0.519. The molecule has 0 spiro atoms. The van der Waals surface area contributed by atoms with Gasteiger partial charge in [0.15, 0.2) is 11.0 Å². The lowest BCUT2D eigenvalue weighted by Gasteiger charge is -2.12. The van der Waals surface area contributed by atoms with E-state index in [1.807, 2.05) is 54.1 Å². The molecule has 1 amide bonds. The molecule has 6 nitrogen and oxygen atoms in total. The largest absolute Gasteiger partial charge is 0.369 e. The molecule has 27 heavy (non-hydrogen) atoms. The molecule has 0 aliphatic carbocycles. The fourth-order valence-electron chi connectivity index (χ4n) is 2.99. The number of carbonyl (C=O) groups excluding carboxylic acids is 1. The predicted octanol–water partition coefficient (Wildman–Crippen LogP) is 3.69. The van der Waals surface area contributed by atoms with Gasteiger partial charge in [0.1, 0.15) is 0 Å². The van der Waals surface area contributed by atoms with Crippen LogP contribution in [0.1, 0.15) is 12.5 Å². The Balaban J connectivity index is 1.92. The zero-order valence-electron chi connectivity index (χ0n) is 15.0. The van der Waals surface area contributed by atoms with Crippen LogP contribution in [0.3, 0.4) is 0 Å². The van der Waals surface area contributed by atoms with Crippen molar-refractivity contribution < 1.29 is 4.79 Å². The Labute approximate surface area is 160 Å². The van der Waals surface area contributed by atoms with Crippen molar-refractivity contribution in [2.75, 3.05) is 0 Å². The number of nitrogens with one attached hydrogen (secondary N) is 1. The topological polar surface area (TPSA) is 89.6 Å².